The minimum Gasteiger partial charge on any atom is -0.493 e. The van der Waals surface area contributed by atoms with Crippen LogP contribution in [0.2, 0.25) is 5.15 Å². The number of aromatic hydroxyl groups is 1. The van der Waals surface area contributed by atoms with Gasteiger partial charge in [0.05, 0.1) is 0 Å². The van der Waals surface area contributed by atoms with Gasteiger partial charge in [0, 0.05) is 6.07 Å². The summed E-state index contributed by atoms with van der Waals surface area (Å²) >= 11 is 5.47. The number of halogens is 4. The lowest BCUT2D eigenvalue weighted by molar-refractivity contribution is -0.141. The van der Waals surface area contributed by atoms with E-state index in [1.807, 2.05) is 0 Å². The van der Waals surface area contributed by atoms with E-state index < -0.39 is 17.8 Å². The van der Waals surface area contributed by atoms with Gasteiger partial charge in [-0.2, -0.15) is 23.0 Å². The molecule has 2 heterocycles. The highest BCUT2D eigenvalue weighted by molar-refractivity contribution is 6.29. The van der Waals surface area contributed by atoms with Crippen LogP contribution in [0, 0.1) is 0 Å². The molecule has 0 aliphatic carbocycles. The molecule has 2 aromatic rings. The van der Waals surface area contributed by atoms with Crippen molar-refractivity contribution in [1.82, 2.24) is 20.0 Å². The maximum Gasteiger partial charge on any atom is 0.435 e. The molecule has 0 amide bonds. The van der Waals surface area contributed by atoms with E-state index in [1.165, 1.54) is 12.1 Å². The Morgan fingerprint density at radius 2 is 1.94 bits per heavy atom. The highest BCUT2D eigenvalue weighted by Crippen LogP contribution is 2.31. The summed E-state index contributed by atoms with van der Waals surface area (Å²) in [5.41, 5.74) is -1.22. The third kappa shape index (κ3) is 2.31. The maximum atomic E-state index is 12.3. The van der Waals surface area contributed by atoms with E-state index in [-0.39, 0.29) is 11.0 Å². The first-order chi connectivity index (χ1) is 7.88. The second kappa shape index (κ2) is 3.88. The maximum absolute atomic E-state index is 12.3. The predicted octanol–water partition coefficient (Wildman–Crippen LogP) is 2.04. The molecule has 0 saturated carbocycles. The molecular weight excluding hydrogens is 261 g/mol. The van der Waals surface area contributed by atoms with Crippen LogP contribution in [-0.2, 0) is 6.18 Å². The molecule has 90 valence electrons. The molecule has 1 N–H and O–H groups in total. The molecule has 2 aromatic heterocycles. The normalized spacial score (nSPS) is 11.8. The number of rotatable bonds is 1. The smallest absolute Gasteiger partial charge is 0.435 e. The number of aromatic nitrogens is 4. The molecule has 2 rings (SSSR count). The van der Waals surface area contributed by atoms with Gasteiger partial charge in [-0.25, -0.2) is 0 Å². The van der Waals surface area contributed by atoms with E-state index >= 15 is 0 Å². The fourth-order valence-electron chi connectivity index (χ4n) is 1.10. The van der Waals surface area contributed by atoms with Crippen LogP contribution in [0.4, 0.5) is 13.2 Å². The number of hydrogen-bond acceptors (Lipinski definition) is 4. The van der Waals surface area contributed by atoms with E-state index in [1.54, 1.807) is 0 Å². The third-order valence-corrected chi connectivity index (χ3v) is 2.02. The first-order valence-corrected chi connectivity index (χ1v) is 4.61. The van der Waals surface area contributed by atoms with Crippen LogP contribution in [0.25, 0.3) is 5.82 Å². The molecule has 0 spiro atoms. The Labute approximate surface area is 97.5 Å². The van der Waals surface area contributed by atoms with Crippen molar-refractivity contribution >= 4 is 11.6 Å². The van der Waals surface area contributed by atoms with Crippen molar-refractivity contribution in [2.75, 3.05) is 0 Å². The first-order valence-electron chi connectivity index (χ1n) is 4.24. The lowest BCUT2D eigenvalue weighted by Crippen LogP contribution is -2.08. The van der Waals surface area contributed by atoms with Crippen LogP contribution >= 0.6 is 11.6 Å². The first kappa shape index (κ1) is 11.6. The number of alkyl halides is 3. The van der Waals surface area contributed by atoms with Gasteiger partial charge in [0.1, 0.15) is 0 Å². The Morgan fingerprint density at radius 1 is 1.24 bits per heavy atom. The summed E-state index contributed by atoms with van der Waals surface area (Å²) in [6, 6.07) is 3.09. The van der Waals surface area contributed by atoms with Crippen molar-refractivity contribution < 1.29 is 18.3 Å². The van der Waals surface area contributed by atoms with Gasteiger partial charge in [-0.15, -0.1) is 10.2 Å². The zero-order valence-electron chi connectivity index (χ0n) is 7.98. The van der Waals surface area contributed by atoms with Gasteiger partial charge >= 0.3 is 6.18 Å². The molecule has 9 heteroatoms. The molecule has 0 bridgehead atoms. The molecule has 0 atom stereocenters. The van der Waals surface area contributed by atoms with Crippen molar-refractivity contribution in [3.8, 4) is 11.7 Å². The summed E-state index contributed by atoms with van der Waals surface area (Å²) in [5.74, 6) is -0.753. The Morgan fingerprint density at radius 3 is 2.41 bits per heavy atom. The average Bonchev–Trinajstić information content (AvgIpc) is 2.61. The van der Waals surface area contributed by atoms with Crippen LogP contribution in [0.3, 0.4) is 0 Å². The minimum atomic E-state index is -4.64. The van der Waals surface area contributed by atoms with Gasteiger partial charge < -0.3 is 5.11 Å². The van der Waals surface area contributed by atoms with Crippen LogP contribution in [0.15, 0.2) is 18.2 Å². The number of nitrogens with zero attached hydrogens (tertiary/aromatic N) is 4. The largest absolute Gasteiger partial charge is 0.493 e. The van der Waals surface area contributed by atoms with Crippen molar-refractivity contribution in [3.05, 3.63) is 29.0 Å². The summed E-state index contributed by atoms with van der Waals surface area (Å²) in [6.45, 7) is 0. The second-order valence-electron chi connectivity index (χ2n) is 3.01. The molecule has 0 aliphatic heterocycles. The Bertz CT molecular complexity index is 537. The van der Waals surface area contributed by atoms with Crippen LogP contribution < -0.4 is 0 Å². The monoisotopic (exact) mass is 264 g/mol. The fraction of sp³-hybridized carbons (Fsp3) is 0.125. The van der Waals surface area contributed by atoms with Crippen molar-refractivity contribution in [2.24, 2.45) is 0 Å². The van der Waals surface area contributed by atoms with Gasteiger partial charge in [-0.05, 0) is 12.1 Å². The summed E-state index contributed by atoms with van der Waals surface area (Å²) in [4.78, 5) is 0. The molecule has 5 nitrogen and oxygen atoms in total. The molecule has 0 aromatic carbocycles. The van der Waals surface area contributed by atoms with Crippen molar-refractivity contribution in [3.63, 3.8) is 0 Å². The molecular formula is C8H4ClF3N4O. The highest BCUT2D eigenvalue weighted by Gasteiger charge is 2.35. The number of hydrogen-bond donors (Lipinski definition) is 1. The fourth-order valence-corrected chi connectivity index (χ4v) is 1.20. The van der Waals surface area contributed by atoms with E-state index in [9.17, 15) is 18.3 Å². The Balaban J connectivity index is 2.46. The van der Waals surface area contributed by atoms with Crippen LogP contribution in [-0.4, -0.2) is 25.1 Å². The summed E-state index contributed by atoms with van der Waals surface area (Å²) < 4.78 is 37.6. The SMILES string of the molecule is Oc1cc(C(F)(F)F)nn1-c1ccc(Cl)nn1. The average molecular weight is 265 g/mol. The van der Waals surface area contributed by atoms with Gasteiger partial charge in [0.2, 0.25) is 5.88 Å². The van der Waals surface area contributed by atoms with Crippen molar-refractivity contribution in [1.29, 1.82) is 0 Å². The van der Waals surface area contributed by atoms with Crippen molar-refractivity contribution in [2.45, 2.75) is 6.18 Å². The minimum absolute atomic E-state index is 0.0672. The van der Waals surface area contributed by atoms with Gasteiger partial charge in [0.25, 0.3) is 0 Å². The Kier molecular flexibility index (Phi) is 2.66. The molecule has 0 unspecified atom stereocenters. The molecule has 0 saturated heterocycles. The quantitative estimate of drug-likeness (QED) is 0.856. The third-order valence-electron chi connectivity index (χ3n) is 1.82. The van der Waals surface area contributed by atoms with E-state index in [4.69, 9.17) is 11.6 Å². The molecule has 0 aliphatic rings. The van der Waals surface area contributed by atoms with E-state index in [0.29, 0.717) is 10.7 Å². The highest BCUT2D eigenvalue weighted by atomic mass is 35.5. The lowest BCUT2D eigenvalue weighted by atomic mass is 10.4. The topological polar surface area (TPSA) is 63.8 Å². The zero-order valence-corrected chi connectivity index (χ0v) is 8.74. The van der Waals surface area contributed by atoms with E-state index in [0.717, 1.165) is 0 Å². The van der Waals surface area contributed by atoms with Crippen LogP contribution in [0.1, 0.15) is 5.69 Å². The molecule has 0 fully saturated rings. The second-order valence-corrected chi connectivity index (χ2v) is 3.40. The van der Waals surface area contributed by atoms with Gasteiger partial charge in [-0.3, -0.25) is 0 Å². The van der Waals surface area contributed by atoms with E-state index in [2.05, 4.69) is 15.3 Å². The van der Waals surface area contributed by atoms with Crippen LogP contribution in [0.5, 0.6) is 5.88 Å². The Hall–Kier alpha value is -1.83. The predicted molar refractivity (Wildman–Crippen MR) is 50.8 cm³/mol. The summed E-state index contributed by atoms with van der Waals surface area (Å²) in [6.07, 6.45) is -4.64. The van der Waals surface area contributed by atoms with Gasteiger partial charge in [-0.1, -0.05) is 11.6 Å². The molecule has 17 heavy (non-hydrogen) atoms. The molecule has 0 radical (unpaired) electrons. The zero-order chi connectivity index (χ0) is 12.6. The summed E-state index contributed by atoms with van der Waals surface area (Å²) in [7, 11) is 0. The van der Waals surface area contributed by atoms with Gasteiger partial charge in [0.15, 0.2) is 16.7 Å². The standard InChI is InChI=1S/C8H4ClF3N4O/c9-5-1-2-6(14-13-5)16-7(17)3-4(15-16)8(10,11)12/h1-3,17H. The summed E-state index contributed by atoms with van der Waals surface area (Å²) in [5, 5.41) is 19.5. The lowest BCUT2D eigenvalue weighted by Gasteiger charge is -2.01.